The Labute approximate surface area is 122 Å². The molecule has 0 N–H and O–H groups in total. The zero-order valence-electron chi connectivity index (χ0n) is 10.8. The summed E-state index contributed by atoms with van der Waals surface area (Å²) >= 11 is 6.11. The Bertz CT molecular complexity index is 694. The van der Waals surface area contributed by atoms with Crippen molar-refractivity contribution >= 4 is 11.6 Å². The van der Waals surface area contributed by atoms with Crippen LogP contribution in [0.3, 0.4) is 0 Å². The summed E-state index contributed by atoms with van der Waals surface area (Å²) in [5, 5.41) is 8.75. The summed E-state index contributed by atoms with van der Waals surface area (Å²) in [5.41, 5.74) is 2.03. The average Bonchev–Trinajstić information content (AvgIpc) is 2.95. The molecule has 0 aliphatic heterocycles. The number of aromatic nitrogens is 2. The molecule has 3 aromatic rings. The maximum absolute atomic E-state index is 6.11. The van der Waals surface area contributed by atoms with E-state index in [1.54, 1.807) is 0 Å². The number of halogens is 1. The maximum atomic E-state index is 6.11. The maximum Gasteiger partial charge on any atom is 0.249 e. The summed E-state index contributed by atoms with van der Waals surface area (Å²) in [5.74, 6) is 1.10. The Balaban J connectivity index is 1.73. The highest BCUT2D eigenvalue weighted by molar-refractivity contribution is 6.33. The highest BCUT2D eigenvalue weighted by Crippen LogP contribution is 2.26. The van der Waals surface area contributed by atoms with E-state index < -0.39 is 0 Å². The fourth-order valence-electron chi connectivity index (χ4n) is 1.99. The highest BCUT2D eigenvalue weighted by atomic mass is 35.5. The molecule has 0 aliphatic rings. The van der Waals surface area contributed by atoms with Gasteiger partial charge in [-0.05, 0) is 24.1 Å². The molecule has 1 aromatic heterocycles. The summed E-state index contributed by atoms with van der Waals surface area (Å²) in [6.07, 6.45) is 1.60. The Kier molecular flexibility index (Phi) is 3.79. The Morgan fingerprint density at radius 3 is 2.40 bits per heavy atom. The molecule has 4 heteroatoms. The second-order valence-electron chi connectivity index (χ2n) is 4.47. The summed E-state index contributed by atoms with van der Waals surface area (Å²) in [7, 11) is 0. The standard InChI is InChI=1S/C16H13ClN2O/c17-14-9-5-4-8-13(14)16-19-18-15(20-16)11-10-12-6-2-1-3-7-12/h1-9H,10-11H2. The van der Waals surface area contributed by atoms with Crippen molar-refractivity contribution in [3.8, 4) is 11.5 Å². The predicted molar refractivity (Wildman–Crippen MR) is 78.6 cm³/mol. The minimum absolute atomic E-state index is 0.471. The fraction of sp³-hybridized carbons (Fsp3) is 0.125. The van der Waals surface area contributed by atoms with Gasteiger partial charge in [-0.2, -0.15) is 0 Å². The van der Waals surface area contributed by atoms with E-state index in [-0.39, 0.29) is 0 Å². The molecule has 0 amide bonds. The smallest absolute Gasteiger partial charge is 0.249 e. The van der Waals surface area contributed by atoms with E-state index in [0.717, 1.165) is 18.4 Å². The molecule has 1 heterocycles. The molecule has 0 unspecified atom stereocenters. The lowest BCUT2D eigenvalue weighted by Gasteiger charge is -1.98. The molecule has 0 fully saturated rings. The van der Waals surface area contributed by atoms with Gasteiger partial charge in [-0.3, -0.25) is 0 Å². The van der Waals surface area contributed by atoms with Crippen LogP contribution in [0.25, 0.3) is 11.5 Å². The van der Waals surface area contributed by atoms with E-state index in [9.17, 15) is 0 Å². The van der Waals surface area contributed by atoms with Crippen LogP contribution in [-0.2, 0) is 12.8 Å². The summed E-state index contributed by atoms with van der Waals surface area (Å²) in [4.78, 5) is 0. The van der Waals surface area contributed by atoms with Crippen LogP contribution in [0.1, 0.15) is 11.5 Å². The summed E-state index contributed by atoms with van der Waals surface area (Å²) < 4.78 is 5.67. The van der Waals surface area contributed by atoms with Gasteiger partial charge in [-0.15, -0.1) is 10.2 Å². The summed E-state index contributed by atoms with van der Waals surface area (Å²) in [6.45, 7) is 0. The summed E-state index contributed by atoms with van der Waals surface area (Å²) in [6, 6.07) is 17.7. The van der Waals surface area contributed by atoms with E-state index in [0.29, 0.717) is 16.8 Å². The van der Waals surface area contributed by atoms with E-state index >= 15 is 0 Å². The van der Waals surface area contributed by atoms with Gasteiger partial charge in [0.05, 0.1) is 10.6 Å². The van der Waals surface area contributed by atoms with Gasteiger partial charge in [-0.25, -0.2) is 0 Å². The van der Waals surface area contributed by atoms with Crippen molar-refractivity contribution in [1.82, 2.24) is 10.2 Å². The third kappa shape index (κ3) is 2.89. The number of nitrogens with zero attached hydrogens (tertiary/aromatic N) is 2. The van der Waals surface area contributed by atoms with E-state index in [4.69, 9.17) is 16.0 Å². The number of benzene rings is 2. The van der Waals surface area contributed by atoms with Crippen molar-refractivity contribution < 1.29 is 4.42 Å². The van der Waals surface area contributed by atoms with Gasteiger partial charge in [0, 0.05) is 6.42 Å². The van der Waals surface area contributed by atoms with Crippen molar-refractivity contribution in [2.45, 2.75) is 12.8 Å². The molecule has 0 saturated heterocycles. The Morgan fingerprint density at radius 2 is 1.60 bits per heavy atom. The first-order valence-electron chi connectivity index (χ1n) is 6.44. The molecule has 0 radical (unpaired) electrons. The van der Waals surface area contributed by atoms with E-state index in [1.807, 2.05) is 42.5 Å². The lowest BCUT2D eigenvalue weighted by Crippen LogP contribution is -1.90. The van der Waals surface area contributed by atoms with E-state index in [1.165, 1.54) is 5.56 Å². The molecule has 0 atom stereocenters. The molecule has 2 aromatic carbocycles. The molecule has 3 nitrogen and oxygen atoms in total. The first kappa shape index (κ1) is 12.9. The van der Waals surface area contributed by atoms with Crippen LogP contribution in [-0.4, -0.2) is 10.2 Å². The van der Waals surface area contributed by atoms with Gasteiger partial charge >= 0.3 is 0 Å². The third-order valence-electron chi connectivity index (χ3n) is 3.04. The van der Waals surface area contributed by atoms with Crippen LogP contribution < -0.4 is 0 Å². The van der Waals surface area contributed by atoms with Crippen LogP contribution in [0.15, 0.2) is 59.0 Å². The minimum atomic E-state index is 0.471. The van der Waals surface area contributed by atoms with Crippen molar-refractivity contribution in [3.63, 3.8) is 0 Å². The molecule has 20 heavy (non-hydrogen) atoms. The SMILES string of the molecule is Clc1ccccc1-c1nnc(CCc2ccccc2)o1. The topological polar surface area (TPSA) is 38.9 Å². The lowest BCUT2D eigenvalue weighted by atomic mass is 10.1. The minimum Gasteiger partial charge on any atom is -0.421 e. The van der Waals surface area contributed by atoms with Gasteiger partial charge in [0.25, 0.3) is 0 Å². The number of hydrogen-bond acceptors (Lipinski definition) is 3. The van der Waals surface area contributed by atoms with Crippen LogP contribution in [0.2, 0.25) is 5.02 Å². The fourth-order valence-corrected chi connectivity index (χ4v) is 2.21. The van der Waals surface area contributed by atoms with Crippen LogP contribution in [0, 0.1) is 0 Å². The molecular weight excluding hydrogens is 272 g/mol. The van der Waals surface area contributed by atoms with Crippen molar-refractivity contribution in [2.24, 2.45) is 0 Å². The van der Waals surface area contributed by atoms with Crippen LogP contribution in [0.4, 0.5) is 0 Å². The van der Waals surface area contributed by atoms with Crippen molar-refractivity contribution in [1.29, 1.82) is 0 Å². The van der Waals surface area contributed by atoms with Gasteiger partial charge < -0.3 is 4.42 Å². The monoisotopic (exact) mass is 284 g/mol. The number of aryl methyl sites for hydroxylation is 2. The van der Waals surface area contributed by atoms with Gasteiger partial charge in [0.1, 0.15) is 0 Å². The molecule has 0 aliphatic carbocycles. The predicted octanol–water partition coefficient (Wildman–Crippen LogP) is 4.18. The van der Waals surface area contributed by atoms with Crippen LogP contribution in [0.5, 0.6) is 0 Å². The number of hydrogen-bond donors (Lipinski definition) is 0. The van der Waals surface area contributed by atoms with Crippen molar-refractivity contribution in [2.75, 3.05) is 0 Å². The van der Waals surface area contributed by atoms with Gasteiger partial charge in [0.2, 0.25) is 11.8 Å². The second-order valence-corrected chi connectivity index (χ2v) is 4.87. The molecule has 0 spiro atoms. The normalized spacial score (nSPS) is 10.7. The van der Waals surface area contributed by atoms with E-state index in [2.05, 4.69) is 22.3 Å². The third-order valence-corrected chi connectivity index (χ3v) is 3.37. The highest BCUT2D eigenvalue weighted by Gasteiger charge is 2.11. The zero-order valence-corrected chi connectivity index (χ0v) is 11.5. The zero-order chi connectivity index (χ0) is 13.8. The second kappa shape index (κ2) is 5.88. The van der Waals surface area contributed by atoms with Crippen molar-refractivity contribution in [3.05, 3.63) is 71.1 Å². The molecular formula is C16H13ClN2O. The lowest BCUT2D eigenvalue weighted by molar-refractivity contribution is 0.504. The number of rotatable bonds is 4. The Hall–Kier alpha value is -2.13. The molecule has 0 saturated carbocycles. The largest absolute Gasteiger partial charge is 0.421 e. The van der Waals surface area contributed by atoms with Gasteiger partial charge in [0.15, 0.2) is 0 Å². The molecule has 3 rings (SSSR count). The first-order chi connectivity index (χ1) is 9.83. The Morgan fingerprint density at radius 1 is 0.850 bits per heavy atom. The quantitative estimate of drug-likeness (QED) is 0.721. The van der Waals surface area contributed by atoms with Crippen LogP contribution >= 0.6 is 11.6 Å². The first-order valence-corrected chi connectivity index (χ1v) is 6.82. The molecule has 0 bridgehead atoms. The van der Waals surface area contributed by atoms with Gasteiger partial charge in [-0.1, -0.05) is 54.1 Å². The molecule has 100 valence electrons. The average molecular weight is 285 g/mol.